The third-order valence-corrected chi connectivity index (χ3v) is 4.69. The van der Waals surface area contributed by atoms with Gasteiger partial charge in [-0.1, -0.05) is 24.6 Å². The van der Waals surface area contributed by atoms with Gasteiger partial charge in [0.15, 0.2) is 12.2 Å². The minimum Gasteiger partial charge on any atom is -0.493 e. The highest BCUT2D eigenvalue weighted by molar-refractivity contribution is 5.84. The maximum absolute atomic E-state index is 12.1. The molecule has 1 aliphatic heterocycles. The first-order chi connectivity index (χ1) is 11.6. The first-order valence-corrected chi connectivity index (χ1v) is 8.49. The number of para-hydroxylation sites is 1. The van der Waals surface area contributed by atoms with Crippen LogP contribution in [0.2, 0.25) is 0 Å². The van der Waals surface area contributed by atoms with Crippen LogP contribution in [0, 0.1) is 0 Å². The van der Waals surface area contributed by atoms with E-state index >= 15 is 0 Å². The van der Waals surface area contributed by atoms with Gasteiger partial charge in [-0.15, -0.1) is 0 Å². The number of carbonyl (C=O) groups excluding carboxylic acids is 2. The van der Waals surface area contributed by atoms with Gasteiger partial charge in [-0.25, -0.2) is 4.79 Å². The van der Waals surface area contributed by atoms with E-state index in [9.17, 15) is 14.7 Å². The summed E-state index contributed by atoms with van der Waals surface area (Å²) in [5.74, 6) is -0.295. The Kier molecular flexibility index (Phi) is 5.04. The predicted molar refractivity (Wildman–Crippen MR) is 86.4 cm³/mol. The Morgan fingerprint density at radius 1 is 1.25 bits per heavy atom. The molecule has 2 aliphatic rings. The van der Waals surface area contributed by atoms with Crippen molar-refractivity contribution in [2.45, 2.75) is 50.2 Å². The molecule has 0 saturated heterocycles. The molecule has 0 spiro atoms. The molecule has 24 heavy (non-hydrogen) atoms. The number of benzene rings is 1. The summed E-state index contributed by atoms with van der Waals surface area (Å²) in [4.78, 5) is 24.1. The summed E-state index contributed by atoms with van der Waals surface area (Å²) in [6.45, 7) is 0.155. The summed E-state index contributed by atoms with van der Waals surface area (Å²) in [7, 11) is 0. The highest BCUT2D eigenvalue weighted by Crippen LogP contribution is 2.31. The smallest absolute Gasteiger partial charge is 0.338 e. The Hall–Kier alpha value is -2.08. The largest absolute Gasteiger partial charge is 0.493 e. The SMILES string of the molecule is O=C(COC(=O)C1(O)CCCCC1)NC1CCOc2ccccc21. The van der Waals surface area contributed by atoms with Crippen molar-refractivity contribution >= 4 is 11.9 Å². The molecule has 0 bridgehead atoms. The van der Waals surface area contributed by atoms with Gasteiger partial charge in [0, 0.05) is 12.0 Å². The van der Waals surface area contributed by atoms with E-state index in [1.807, 2.05) is 24.3 Å². The van der Waals surface area contributed by atoms with Gasteiger partial charge in [-0.2, -0.15) is 0 Å². The van der Waals surface area contributed by atoms with E-state index in [1.165, 1.54) is 0 Å². The molecule has 1 aromatic carbocycles. The van der Waals surface area contributed by atoms with E-state index in [4.69, 9.17) is 9.47 Å². The van der Waals surface area contributed by atoms with Crippen LogP contribution >= 0.6 is 0 Å². The number of amides is 1. The number of carbonyl (C=O) groups is 2. The molecule has 1 atom stereocenters. The maximum Gasteiger partial charge on any atom is 0.338 e. The van der Waals surface area contributed by atoms with Crippen LogP contribution in [-0.2, 0) is 14.3 Å². The number of fused-ring (bicyclic) bond motifs is 1. The normalized spacial score (nSPS) is 22.0. The first kappa shape index (κ1) is 16.8. The summed E-state index contributed by atoms with van der Waals surface area (Å²) >= 11 is 0. The monoisotopic (exact) mass is 333 g/mol. The number of esters is 1. The van der Waals surface area contributed by atoms with Crippen molar-refractivity contribution in [3.05, 3.63) is 29.8 Å². The minimum absolute atomic E-state index is 0.154. The van der Waals surface area contributed by atoms with Crippen molar-refractivity contribution < 1.29 is 24.2 Å². The molecular formula is C18H23NO5. The molecule has 1 saturated carbocycles. The van der Waals surface area contributed by atoms with Crippen LogP contribution < -0.4 is 10.1 Å². The zero-order chi connectivity index (χ0) is 17.0. The summed E-state index contributed by atoms with van der Waals surface area (Å²) < 4.78 is 10.6. The van der Waals surface area contributed by atoms with Gasteiger partial charge >= 0.3 is 5.97 Å². The quantitative estimate of drug-likeness (QED) is 0.822. The van der Waals surface area contributed by atoms with Gasteiger partial charge in [0.25, 0.3) is 5.91 Å². The summed E-state index contributed by atoms with van der Waals surface area (Å²) in [5, 5.41) is 13.1. The minimum atomic E-state index is -1.43. The van der Waals surface area contributed by atoms with Gasteiger partial charge in [0.05, 0.1) is 12.6 Å². The highest BCUT2D eigenvalue weighted by Gasteiger charge is 2.39. The lowest BCUT2D eigenvalue weighted by atomic mass is 9.85. The van der Waals surface area contributed by atoms with E-state index in [0.29, 0.717) is 25.9 Å². The molecule has 0 radical (unpaired) electrons. The fraction of sp³-hybridized carbons (Fsp3) is 0.556. The van der Waals surface area contributed by atoms with Gasteiger partial charge < -0.3 is 19.9 Å². The van der Waals surface area contributed by atoms with Crippen LogP contribution in [0.5, 0.6) is 5.75 Å². The number of nitrogens with one attached hydrogen (secondary N) is 1. The highest BCUT2D eigenvalue weighted by atomic mass is 16.6. The molecule has 0 aromatic heterocycles. The van der Waals surface area contributed by atoms with Gasteiger partial charge in [0.1, 0.15) is 5.75 Å². The molecule has 6 nitrogen and oxygen atoms in total. The Morgan fingerprint density at radius 3 is 2.79 bits per heavy atom. The van der Waals surface area contributed by atoms with Gasteiger partial charge in [-0.05, 0) is 31.7 Å². The standard InChI is InChI=1S/C18H23NO5/c20-16(12-24-17(21)18(22)9-4-1-5-10-18)19-14-8-11-23-15-7-3-2-6-13(14)15/h2-3,6-7,14,22H,1,4-5,8-12H2,(H,19,20). The van der Waals surface area contributed by atoms with E-state index in [-0.39, 0.29) is 18.6 Å². The topological polar surface area (TPSA) is 84.9 Å². The van der Waals surface area contributed by atoms with Crippen molar-refractivity contribution in [3.8, 4) is 5.75 Å². The Bertz CT molecular complexity index is 609. The Morgan fingerprint density at radius 2 is 2.00 bits per heavy atom. The fourth-order valence-electron chi connectivity index (χ4n) is 3.33. The second kappa shape index (κ2) is 7.21. The molecule has 2 N–H and O–H groups in total. The van der Waals surface area contributed by atoms with E-state index in [1.54, 1.807) is 0 Å². The molecule has 6 heteroatoms. The number of rotatable bonds is 4. The average molecular weight is 333 g/mol. The van der Waals surface area contributed by atoms with E-state index < -0.39 is 11.6 Å². The predicted octanol–water partition coefficient (Wildman–Crippen LogP) is 1.86. The second-order valence-corrected chi connectivity index (χ2v) is 6.46. The molecule has 1 heterocycles. The zero-order valence-electron chi connectivity index (χ0n) is 13.6. The molecule has 1 aliphatic carbocycles. The van der Waals surface area contributed by atoms with Crippen LogP contribution in [0.1, 0.15) is 50.1 Å². The maximum atomic E-state index is 12.1. The fourth-order valence-corrected chi connectivity index (χ4v) is 3.33. The summed E-state index contributed by atoms with van der Waals surface area (Å²) in [5.41, 5.74) is -0.501. The van der Waals surface area contributed by atoms with E-state index in [2.05, 4.69) is 5.32 Å². The van der Waals surface area contributed by atoms with Crippen molar-refractivity contribution in [2.75, 3.05) is 13.2 Å². The summed E-state index contributed by atoms with van der Waals surface area (Å²) in [6.07, 6.45) is 4.09. The Labute approximate surface area is 141 Å². The van der Waals surface area contributed by atoms with Crippen LogP contribution in [0.25, 0.3) is 0 Å². The molecule has 1 fully saturated rings. The van der Waals surface area contributed by atoms with Crippen LogP contribution in [0.4, 0.5) is 0 Å². The van der Waals surface area contributed by atoms with Gasteiger partial charge in [-0.3, -0.25) is 4.79 Å². The van der Waals surface area contributed by atoms with Crippen molar-refractivity contribution in [1.29, 1.82) is 0 Å². The number of aliphatic hydroxyl groups is 1. The second-order valence-electron chi connectivity index (χ2n) is 6.46. The lowest BCUT2D eigenvalue weighted by molar-refractivity contribution is -0.170. The van der Waals surface area contributed by atoms with Crippen LogP contribution in [-0.4, -0.2) is 35.8 Å². The van der Waals surface area contributed by atoms with Crippen molar-refractivity contribution in [2.24, 2.45) is 0 Å². The van der Waals surface area contributed by atoms with Crippen LogP contribution in [0.3, 0.4) is 0 Å². The lowest BCUT2D eigenvalue weighted by Gasteiger charge is -2.29. The molecule has 3 rings (SSSR count). The van der Waals surface area contributed by atoms with E-state index in [0.717, 1.165) is 30.6 Å². The van der Waals surface area contributed by atoms with Crippen LogP contribution in [0.15, 0.2) is 24.3 Å². The molecule has 130 valence electrons. The zero-order valence-corrected chi connectivity index (χ0v) is 13.6. The van der Waals surface area contributed by atoms with Gasteiger partial charge in [0.2, 0.25) is 0 Å². The first-order valence-electron chi connectivity index (χ1n) is 8.49. The Balaban J connectivity index is 1.52. The molecule has 1 amide bonds. The van der Waals surface area contributed by atoms with Crippen molar-refractivity contribution in [3.63, 3.8) is 0 Å². The third kappa shape index (κ3) is 3.70. The summed E-state index contributed by atoms with van der Waals surface area (Å²) in [6, 6.07) is 7.41. The molecule has 1 unspecified atom stereocenters. The number of hydrogen-bond donors (Lipinski definition) is 2. The molecule has 1 aromatic rings. The average Bonchev–Trinajstić information content (AvgIpc) is 2.60. The number of hydrogen-bond acceptors (Lipinski definition) is 5. The van der Waals surface area contributed by atoms with Crippen molar-refractivity contribution in [1.82, 2.24) is 5.32 Å². The lowest BCUT2D eigenvalue weighted by Crippen LogP contribution is -2.43. The number of ether oxygens (including phenoxy) is 2. The third-order valence-electron chi connectivity index (χ3n) is 4.69. The molecular weight excluding hydrogens is 310 g/mol.